The molecule has 1 aromatic heterocycles. The SMILES string of the molecule is COc1cnc(NC(=O)N2CC/C(=C\c3ccc(F)c(Cl)c3)C(C)C2)cn1. The number of ether oxygens (including phenoxy) is 1. The summed E-state index contributed by atoms with van der Waals surface area (Å²) in [6.07, 6.45) is 5.65. The van der Waals surface area contributed by atoms with E-state index >= 15 is 0 Å². The number of anilines is 1. The zero-order valence-electron chi connectivity index (χ0n) is 15.1. The Morgan fingerprint density at radius 3 is 2.85 bits per heavy atom. The van der Waals surface area contributed by atoms with Gasteiger partial charge in [0.25, 0.3) is 0 Å². The number of rotatable bonds is 3. The molecule has 142 valence electrons. The molecule has 1 unspecified atom stereocenters. The van der Waals surface area contributed by atoms with Crippen LogP contribution in [0, 0.1) is 11.7 Å². The number of hydrogen-bond donors (Lipinski definition) is 1. The maximum Gasteiger partial charge on any atom is 0.323 e. The van der Waals surface area contributed by atoms with Crippen molar-refractivity contribution in [2.45, 2.75) is 13.3 Å². The van der Waals surface area contributed by atoms with Gasteiger partial charge in [-0.3, -0.25) is 5.32 Å². The van der Waals surface area contributed by atoms with Crippen LogP contribution in [0.2, 0.25) is 5.02 Å². The van der Waals surface area contributed by atoms with Crippen molar-refractivity contribution in [3.63, 3.8) is 0 Å². The number of halogens is 2. The van der Waals surface area contributed by atoms with E-state index in [4.69, 9.17) is 16.3 Å². The van der Waals surface area contributed by atoms with Crippen LogP contribution < -0.4 is 10.1 Å². The molecule has 2 aromatic rings. The van der Waals surface area contributed by atoms with Gasteiger partial charge >= 0.3 is 6.03 Å². The molecule has 2 amide bonds. The van der Waals surface area contributed by atoms with Gasteiger partial charge in [0.2, 0.25) is 5.88 Å². The maximum absolute atomic E-state index is 13.3. The number of methoxy groups -OCH3 is 1. The van der Waals surface area contributed by atoms with Crippen molar-refractivity contribution in [2.75, 3.05) is 25.5 Å². The largest absolute Gasteiger partial charge is 0.480 e. The number of piperidine rings is 1. The van der Waals surface area contributed by atoms with Crippen molar-refractivity contribution < 1.29 is 13.9 Å². The number of hydrogen-bond acceptors (Lipinski definition) is 4. The average Bonchev–Trinajstić information content (AvgIpc) is 2.67. The van der Waals surface area contributed by atoms with Gasteiger partial charge in [-0.2, -0.15) is 0 Å². The minimum atomic E-state index is -0.431. The highest BCUT2D eigenvalue weighted by atomic mass is 35.5. The summed E-state index contributed by atoms with van der Waals surface area (Å²) < 4.78 is 18.2. The predicted molar refractivity (Wildman–Crippen MR) is 102 cm³/mol. The molecular weight excluding hydrogens is 371 g/mol. The summed E-state index contributed by atoms with van der Waals surface area (Å²) in [5.74, 6) is 0.501. The van der Waals surface area contributed by atoms with E-state index < -0.39 is 5.82 Å². The normalized spacial score (nSPS) is 18.4. The maximum atomic E-state index is 13.3. The van der Waals surface area contributed by atoms with E-state index in [0.717, 1.165) is 12.0 Å². The number of benzene rings is 1. The van der Waals surface area contributed by atoms with Gasteiger partial charge in [0, 0.05) is 13.1 Å². The average molecular weight is 391 g/mol. The van der Waals surface area contributed by atoms with Crippen LogP contribution in [0.15, 0.2) is 36.2 Å². The Morgan fingerprint density at radius 1 is 1.41 bits per heavy atom. The standard InChI is InChI=1S/C19H20ClFN4O2/c1-12-11-25(19(26)24-17-9-23-18(27-2)10-22-17)6-5-14(12)7-13-3-4-16(21)15(20)8-13/h3-4,7-10,12H,5-6,11H2,1-2H3,(H,22,24,26)/b14-7+. The summed E-state index contributed by atoms with van der Waals surface area (Å²) in [7, 11) is 1.50. The summed E-state index contributed by atoms with van der Waals surface area (Å²) in [5, 5.41) is 2.85. The summed E-state index contributed by atoms with van der Waals surface area (Å²) in [4.78, 5) is 22.3. The molecule has 6 nitrogen and oxygen atoms in total. The Labute approximate surface area is 162 Å². The Kier molecular flexibility index (Phi) is 5.91. The van der Waals surface area contributed by atoms with E-state index in [1.165, 1.54) is 31.1 Å². The first kappa shape index (κ1) is 19.1. The zero-order chi connectivity index (χ0) is 19.4. The summed E-state index contributed by atoms with van der Waals surface area (Å²) >= 11 is 5.84. The van der Waals surface area contributed by atoms with Crippen molar-refractivity contribution in [3.8, 4) is 5.88 Å². The number of carbonyl (C=O) groups excluding carboxylic acids is 1. The van der Waals surface area contributed by atoms with Gasteiger partial charge in [0.1, 0.15) is 5.82 Å². The Hall–Kier alpha value is -2.67. The first-order valence-corrected chi connectivity index (χ1v) is 8.91. The van der Waals surface area contributed by atoms with E-state index in [2.05, 4.69) is 22.2 Å². The predicted octanol–water partition coefficient (Wildman–Crippen LogP) is 4.24. The van der Waals surface area contributed by atoms with Crippen LogP contribution in [0.5, 0.6) is 5.88 Å². The molecule has 27 heavy (non-hydrogen) atoms. The van der Waals surface area contributed by atoms with E-state index in [9.17, 15) is 9.18 Å². The molecule has 1 atom stereocenters. The van der Waals surface area contributed by atoms with Crippen molar-refractivity contribution in [2.24, 2.45) is 5.92 Å². The molecule has 0 saturated carbocycles. The quantitative estimate of drug-likeness (QED) is 0.851. The van der Waals surface area contributed by atoms with Crippen molar-refractivity contribution in [3.05, 3.63) is 52.6 Å². The Bertz CT molecular complexity index is 857. The lowest BCUT2D eigenvalue weighted by Crippen LogP contribution is -2.42. The van der Waals surface area contributed by atoms with E-state index in [-0.39, 0.29) is 17.0 Å². The van der Waals surface area contributed by atoms with Gasteiger partial charge in [0.15, 0.2) is 5.82 Å². The van der Waals surface area contributed by atoms with Crippen LogP contribution in [0.4, 0.5) is 15.0 Å². The van der Waals surface area contributed by atoms with Crippen LogP contribution in [-0.2, 0) is 0 Å². The third kappa shape index (κ3) is 4.74. The molecule has 1 saturated heterocycles. The van der Waals surface area contributed by atoms with Crippen LogP contribution in [0.3, 0.4) is 0 Å². The first-order chi connectivity index (χ1) is 13.0. The van der Waals surface area contributed by atoms with Gasteiger partial charge in [-0.05, 0) is 30.0 Å². The fourth-order valence-electron chi connectivity index (χ4n) is 2.94. The van der Waals surface area contributed by atoms with Crippen LogP contribution in [0.1, 0.15) is 18.9 Å². The molecular formula is C19H20ClFN4O2. The van der Waals surface area contributed by atoms with Crippen molar-refractivity contribution in [1.82, 2.24) is 14.9 Å². The molecule has 0 bridgehead atoms. The molecule has 0 radical (unpaired) electrons. The minimum absolute atomic E-state index is 0.106. The minimum Gasteiger partial charge on any atom is -0.480 e. The number of urea groups is 1. The fraction of sp³-hybridized carbons (Fsp3) is 0.316. The highest BCUT2D eigenvalue weighted by molar-refractivity contribution is 6.30. The Morgan fingerprint density at radius 2 is 2.22 bits per heavy atom. The van der Waals surface area contributed by atoms with Gasteiger partial charge in [-0.15, -0.1) is 0 Å². The monoisotopic (exact) mass is 390 g/mol. The van der Waals surface area contributed by atoms with E-state index in [1.807, 2.05) is 6.08 Å². The number of aromatic nitrogens is 2. The number of amides is 2. The second-order valence-electron chi connectivity index (χ2n) is 6.36. The molecule has 2 heterocycles. The molecule has 0 aliphatic carbocycles. The van der Waals surface area contributed by atoms with Crippen LogP contribution in [0.25, 0.3) is 6.08 Å². The topological polar surface area (TPSA) is 67.3 Å². The van der Waals surface area contributed by atoms with E-state index in [1.54, 1.807) is 17.0 Å². The van der Waals surface area contributed by atoms with Gasteiger partial charge in [-0.1, -0.05) is 36.2 Å². The number of nitrogens with zero attached hydrogens (tertiary/aromatic N) is 3. The van der Waals surface area contributed by atoms with Gasteiger partial charge in [-0.25, -0.2) is 19.2 Å². The molecule has 1 aromatic carbocycles. The molecule has 1 aliphatic heterocycles. The lowest BCUT2D eigenvalue weighted by atomic mass is 9.91. The highest BCUT2D eigenvalue weighted by Gasteiger charge is 2.24. The van der Waals surface area contributed by atoms with E-state index in [0.29, 0.717) is 24.8 Å². The first-order valence-electron chi connectivity index (χ1n) is 8.53. The van der Waals surface area contributed by atoms with Crippen LogP contribution >= 0.6 is 11.6 Å². The third-order valence-electron chi connectivity index (χ3n) is 4.45. The molecule has 1 aliphatic rings. The van der Waals surface area contributed by atoms with Gasteiger partial charge < -0.3 is 9.64 Å². The number of nitrogens with one attached hydrogen (secondary N) is 1. The third-order valence-corrected chi connectivity index (χ3v) is 4.74. The number of likely N-dealkylation sites (tertiary alicyclic amines) is 1. The smallest absolute Gasteiger partial charge is 0.323 e. The second-order valence-corrected chi connectivity index (χ2v) is 6.77. The second kappa shape index (κ2) is 8.35. The molecule has 1 fully saturated rings. The van der Waals surface area contributed by atoms with Gasteiger partial charge in [0.05, 0.1) is 24.5 Å². The van der Waals surface area contributed by atoms with Crippen LogP contribution in [-0.4, -0.2) is 41.1 Å². The number of carbonyl (C=O) groups is 1. The fourth-order valence-corrected chi connectivity index (χ4v) is 3.13. The highest BCUT2D eigenvalue weighted by Crippen LogP contribution is 2.26. The molecule has 0 spiro atoms. The lowest BCUT2D eigenvalue weighted by Gasteiger charge is -2.33. The molecule has 8 heteroatoms. The lowest BCUT2D eigenvalue weighted by molar-refractivity contribution is 0.197. The summed E-state index contributed by atoms with van der Waals surface area (Å²) in [6.45, 7) is 3.22. The van der Waals surface area contributed by atoms with Crippen molar-refractivity contribution in [1.29, 1.82) is 0 Å². The molecule has 1 N–H and O–H groups in total. The summed E-state index contributed by atoms with van der Waals surface area (Å²) in [6, 6.07) is 4.45. The zero-order valence-corrected chi connectivity index (χ0v) is 15.8. The summed E-state index contributed by atoms with van der Waals surface area (Å²) in [5.41, 5.74) is 2.06. The van der Waals surface area contributed by atoms with Crippen molar-refractivity contribution >= 4 is 29.5 Å². The molecule has 3 rings (SSSR count). The Balaban J connectivity index is 1.62.